The standard InChI is InChI=1S/C17H21ClN2O/c1-12(13-5-3-7-15(18)9-13)20(2)11-17(21)14-6-4-8-16(19)10-14/h3-10,12,17,21H,11,19H2,1-2H3. The molecule has 2 aromatic rings. The lowest BCUT2D eigenvalue weighted by Crippen LogP contribution is -2.27. The Bertz CT molecular complexity index is 603. The topological polar surface area (TPSA) is 49.5 Å². The van der Waals surface area contributed by atoms with E-state index in [1.165, 1.54) is 0 Å². The second kappa shape index (κ2) is 6.94. The number of aliphatic hydroxyl groups excluding tert-OH is 1. The predicted molar refractivity (Wildman–Crippen MR) is 88.3 cm³/mol. The minimum absolute atomic E-state index is 0.166. The quantitative estimate of drug-likeness (QED) is 0.829. The van der Waals surface area contributed by atoms with Crippen LogP contribution in [0.5, 0.6) is 0 Å². The largest absolute Gasteiger partial charge is 0.399 e. The van der Waals surface area contributed by atoms with Gasteiger partial charge in [0.2, 0.25) is 0 Å². The van der Waals surface area contributed by atoms with E-state index in [0.29, 0.717) is 12.2 Å². The Labute approximate surface area is 131 Å². The van der Waals surface area contributed by atoms with Crippen molar-refractivity contribution in [3.05, 3.63) is 64.7 Å². The molecule has 2 rings (SSSR count). The molecular weight excluding hydrogens is 284 g/mol. The number of nitrogens with two attached hydrogens (primary N) is 1. The van der Waals surface area contributed by atoms with Crippen molar-refractivity contribution in [3.63, 3.8) is 0 Å². The summed E-state index contributed by atoms with van der Waals surface area (Å²) in [4.78, 5) is 2.10. The van der Waals surface area contributed by atoms with Crippen LogP contribution in [0, 0.1) is 0 Å². The Morgan fingerprint density at radius 3 is 2.48 bits per heavy atom. The monoisotopic (exact) mass is 304 g/mol. The molecule has 4 heteroatoms. The normalized spacial score (nSPS) is 14.1. The molecule has 0 saturated heterocycles. The van der Waals surface area contributed by atoms with E-state index in [0.717, 1.165) is 16.1 Å². The van der Waals surface area contributed by atoms with Crippen LogP contribution in [-0.4, -0.2) is 23.6 Å². The molecule has 3 nitrogen and oxygen atoms in total. The smallest absolute Gasteiger partial charge is 0.0917 e. The summed E-state index contributed by atoms with van der Waals surface area (Å²) in [6.45, 7) is 2.62. The minimum Gasteiger partial charge on any atom is -0.399 e. The molecule has 0 aliphatic heterocycles. The van der Waals surface area contributed by atoms with E-state index >= 15 is 0 Å². The third kappa shape index (κ3) is 4.21. The van der Waals surface area contributed by atoms with Crippen molar-refractivity contribution in [3.8, 4) is 0 Å². The zero-order valence-electron chi connectivity index (χ0n) is 12.3. The molecule has 0 fully saturated rings. The summed E-state index contributed by atoms with van der Waals surface area (Å²) in [5, 5.41) is 11.1. The summed E-state index contributed by atoms with van der Waals surface area (Å²) in [5.41, 5.74) is 8.38. The molecule has 0 amide bonds. The van der Waals surface area contributed by atoms with Crippen LogP contribution in [0.2, 0.25) is 5.02 Å². The fourth-order valence-corrected chi connectivity index (χ4v) is 2.52. The van der Waals surface area contributed by atoms with Crippen LogP contribution in [0.1, 0.15) is 30.2 Å². The fourth-order valence-electron chi connectivity index (χ4n) is 2.32. The number of aliphatic hydroxyl groups is 1. The van der Waals surface area contributed by atoms with Gasteiger partial charge in [0.1, 0.15) is 0 Å². The van der Waals surface area contributed by atoms with Crippen LogP contribution < -0.4 is 5.73 Å². The van der Waals surface area contributed by atoms with Gasteiger partial charge in [-0.1, -0.05) is 35.9 Å². The van der Waals surface area contributed by atoms with Crippen LogP contribution in [0.3, 0.4) is 0 Å². The summed E-state index contributed by atoms with van der Waals surface area (Å²) in [6.07, 6.45) is -0.569. The first-order valence-corrected chi connectivity index (χ1v) is 7.34. The molecule has 0 heterocycles. The maximum Gasteiger partial charge on any atom is 0.0917 e. The zero-order valence-corrected chi connectivity index (χ0v) is 13.1. The Morgan fingerprint density at radius 2 is 1.81 bits per heavy atom. The third-order valence-electron chi connectivity index (χ3n) is 3.75. The number of likely N-dealkylation sites (N-methyl/N-ethyl adjacent to an activating group) is 1. The highest BCUT2D eigenvalue weighted by molar-refractivity contribution is 6.30. The summed E-state index contributed by atoms with van der Waals surface area (Å²) in [7, 11) is 1.99. The molecule has 0 bridgehead atoms. The van der Waals surface area contributed by atoms with Crippen molar-refractivity contribution in [2.24, 2.45) is 0 Å². The van der Waals surface area contributed by atoms with Gasteiger partial charge in [0, 0.05) is 23.3 Å². The summed E-state index contributed by atoms with van der Waals surface area (Å²) < 4.78 is 0. The van der Waals surface area contributed by atoms with Gasteiger partial charge in [-0.25, -0.2) is 0 Å². The van der Waals surface area contributed by atoms with Crippen molar-refractivity contribution >= 4 is 17.3 Å². The van der Waals surface area contributed by atoms with Crippen LogP contribution >= 0.6 is 11.6 Å². The second-order valence-electron chi connectivity index (χ2n) is 5.36. The predicted octanol–water partition coefficient (Wildman–Crippen LogP) is 3.65. The van der Waals surface area contributed by atoms with Gasteiger partial charge in [-0.05, 0) is 49.4 Å². The number of rotatable bonds is 5. The maximum absolute atomic E-state index is 10.3. The molecule has 2 aromatic carbocycles. The molecule has 0 radical (unpaired) electrons. The van der Waals surface area contributed by atoms with Crippen LogP contribution in [0.15, 0.2) is 48.5 Å². The molecular formula is C17H21ClN2O. The van der Waals surface area contributed by atoms with Crippen molar-refractivity contribution < 1.29 is 5.11 Å². The van der Waals surface area contributed by atoms with Gasteiger partial charge in [-0.3, -0.25) is 4.90 Å². The number of anilines is 1. The highest BCUT2D eigenvalue weighted by Gasteiger charge is 2.17. The lowest BCUT2D eigenvalue weighted by Gasteiger charge is -2.27. The van der Waals surface area contributed by atoms with E-state index in [2.05, 4.69) is 11.8 Å². The average molecular weight is 305 g/mol. The molecule has 0 aliphatic rings. The molecule has 2 atom stereocenters. The zero-order chi connectivity index (χ0) is 15.4. The molecule has 0 spiro atoms. The molecule has 21 heavy (non-hydrogen) atoms. The summed E-state index contributed by atoms with van der Waals surface area (Å²) in [5.74, 6) is 0. The Balaban J connectivity index is 2.05. The van der Waals surface area contributed by atoms with E-state index in [9.17, 15) is 5.11 Å². The van der Waals surface area contributed by atoms with Gasteiger partial charge in [0.15, 0.2) is 0 Å². The van der Waals surface area contributed by atoms with Crippen molar-refractivity contribution in [2.45, 2.75) is 19.1 Å². The number of halogens is 1. The van der Waals surface area contributed by atoms with Gasteiger partial charge in [-0.15, -0.1) is 0 Å². The molecule has 0 saturated carbocycles. The van der Waals surface area contributed by atoms with Crippen molar-refractivity contribution in [2.75, 3.05) is 19.3 Å². The van der Waals surface area contributed by atoms with E-state index in [4.69, 9.17) is 17.3 Å². The summed E-state index contributed by atoms with van der Waals surface area (Å²) >= 11 is 6.03. The van der Waals surface area contributed by atoms with Crippen LogP contribution in [-0.2, 0) is 0 Å². The average Bonchev–Trinajstić information content (AvgIpc) is 2.46. The summed E-state index contributed by atoms with van der Waals surface area (Å²) in [6, 6.07) is 15.3. The maximum atomic E-state index is 10.3. The molecule has 0 aliphatic carbocycles. The number of nitrogen functional groups attached to an aromatic ring is 1. The third-order valence-corrected chi connectivity index (χ3v) is 3.98. The highest BCUT2D eigenvalue weighted by atomic mass is 35.5. The first-order valence-electron chi connectivity index (χ1n) is 6.96. The van der Waals surface area contributed by atoms with Crippen LogP contribution in [0.25, 0.3) is 0 Å². The lowest BCUT2D eigenvalue weighted by molar-refractivity contribution is 0.108. The van der Waals surface area contributed by atoms with Gasteiger partial charge >= 0.3 is 0 Å². The second-order valence-corrected chi connectivity index (χ2v) is 5.79. The molecule has 112 valence electrons. The first kappa shape index (κ1) is 15.8. The lowest BCUT2D eigenvalue weighted by atomic mass is 10.0. The fraction of sp³-hybridized carbons (Fsp3) is 0.294. The van der Waals surface area contributed by atoms with E-state index in [1.54, 1.807) is 0 Å². The van der Waals surface area contributed by atoms with Crippen molar-refractivity contribution in [1.29, 1.82) is 0 Å². The van der Waals surface area contributed by atoms with Gasteiger partial charge in [-0.2, -0.15) is 0 Å². The molecule has 2 unspecified atom stereocenters. The number of benzene rings is 2. The number of hydrogen-bond acceptors (Lipinski definition) is 3. The van der Waals surface area contributed by atoms with Gasteiger partial charge < -0.3 is 10.8 Å². The highest BCUT2D eigenvalue weighted by Crippen LogP contribution is 2.24. The van der Waals surface area contributed by atoms with E-state index < -0.39 is 6.10 Å². The number of nitrogens with zero attached hydrogens (tertiary/aromatic N) is 1. The molecule has 0 aromatic heterocycles. The van der Waals surface area contributed by atoms with Crippen molar-refractivity contribution in [1.82, 2.24) is 4.90 Å². The Kier molecular flexibility index (Phi) is 5.23. The van der Waals surface area contributed by atoms with E-state index in [-0.39, 0.29) is 6.04 Å². The van der Waals surface area contributed by atoms with Gasteiger partial charge in [0.25, 0.3) is 0 Å². The van der Waals surface area contributed by atoms with E-state index in [1.807, 2.05) is 55.6 Å². The number of hydrogen-bond donors (Lipinski definition) is 2. The first-order chi connectivity index (χ1) is 9.97. The Hall–Kier alpha value is -1.55. The SMILES string of the molecule is CC(c1cccc(Cl)c1)N(C)CC(O)c1cccc(N)c1. The Morgan fingerprint density at radius 1 is 1.14 bits per heavy atom. The molecule has 3 N–H and O–H groups in total. The van der Waals surface area contributed by atoms with Crippen LogP contribution in [0.4, 0.5) is 5.69 Å². The minimum atomic E-state index is -0.569. The van der Waals surface area contributed by atoms with Gasteiger partial charge in [0.05, 0.1) is 6.10 Å².